The molecular weight excluding hydrogens is 212 g/mol. The summed E-state index contributed by atoms with van der Waals surface area (Å²) >= 11 is 0. The van der Waals surface area contributed by atoms with E-state index in [4.69, 9.17) is 5.73 Å². The molecule has 0 aromatic heterocycles. The molecule has 1 amide bonds. The van der Waals surface area contributed by atoms with Crippen LogP contribution in [0.5, 0.6) is 0 Å². The van der Waals surface area contributed by atoms with Gasteiger partial charge in [0.25, 0.3) is 0 Å². The van der Waals surface area contributed by atoms with Crippen LogP contribution in [-0.2, 0) is 4.79 Å². The van der Waals surface area contributed by atoms with Crippen molar-refractivity contribution in [2.24, 2.45) is 17.1 Å². The Morgan fingerprint density at radius 1 is 1.35 bits per heavy atom. The fourth-order valence-corrected chi connectivity index (χ4v) is 2.79. The normalized spacial score (nSPS) is 20.9. The number of likely N-dealkylation sites (tertiary alicyclic amines) is 1. The molecule has 1 rings (SSSR count). The molecule has 3 nitrogen and oxygen atoms in total. The summed E-state index contributed by atoms with van der Waals surface area (Å²) in [5.41, 5.74) is 6.33. The molecule has 0 spiro atoms. The highest BCUT2D eigenvalue weighted by molar-refractivity contribution is 5.82. The van der Waals surface area contributed by atoms with Crippen LogP contribution in [0.3, 0.4) is 0 Å². The molecule has 1 atom stereocenters. The summed E-state index contributed by atoms with van der Waals surface area (Å²) in [7, 11) is 0. The van der Waals surface area contributed by atoms with Crippen molar-refractivity contribution in [3.8, 4) is 0 Å². The maximum Gasteiger partial charge on any atom is 0.239 e. The highest BCUT2D eigenvalue weighted by atomic mass is 16.2. The van der Waals surface area contributed by atoms with Crippen LogP contribution >= 0.6 is 0 Å². The van der Waals surface area contributed by atoms with Crippen molar-refractivity contribution in [2.45, 2.75) is 59.4 Å². The average molecular weight is 240 g/mol. The Bertz CT molecular complexity index is 259. The number of hydrogen-bond donors (Lipinski definition) is 1. The lowest BCUT2D eigenvalue weighted by atomic mass is 9.82. The largest absolute Gasteiger partial charge is 0.341 e. The van der Waals surface area contributed by atoms with E-state index in [9.17, 15) is 4.79 Å². The number of amides is 1. The molecule has 100 valence electrons. The van der Waals surface area contributed by atoms with Gasteiger partial charge in [-0.1, -0.05) is 27.7 Å². The predicted octanol–water partition coefficient (Wildman–Crippen LogP) is 2.40. The summed E-state index contributed by atoms with van der Waals surface area (Å²) in [4.78, 5) is 14.2. The van der Waals surface area contributed by atoms with Gasteiger partial charge in [0, 0.05) is 13.1 Å². The number of carbonyl (C=O) groups excluding carboxylic acids is 1. The van der Waals surface area contributed by atoms with E-state index >= 15 is 0 Å². The van der Waals surface area contributed by atoms with Gasteiger partial charge in [0.15, 0.2) is 0 Å². The van der Waals surface area contributed by atoms with E-state index in [1.54, 1.807) is 0 Å². The van der Waals surface area contributed by atoms with E-state index in [0.29, 0.717) is 11.3 Å². The van der Waals surface area contributed by atoms with Gasteiger partial charge >= 0.3 is 0 Å². The quantitative estimate of drug-likeness (QED) is 0.802. The summed E-state index contributed by atoms with van der Waals surface area (Å²) in [5, 5.41) is 0. The first-order chi connectivity index (χ1) is 7.94. The fourth-order valence-electron chi connectivity index (χ4n) is 2.79. The van der Waals surface area contributed by atoms with Gasteiger partial charge in [-0.05, 0) is 37.0 Å². The summed E-state index contributed by atoms with van der Waals surface area (Å²) in [6.07, 6.45) is 4.25. The number of carbonyl (C=O) groups is 1. The van der Waals surface area contributed by atoms with Gasteiger partial charge in [-0.25, -0.2) is 0 Å². The second-order valence-electron chi connectivity index (χ2n) is 5.95. The van der Waals surface area contributed by atoms with Crippen LogP contribution < -0.4 is 5.73 Å². The van der Waals surface area contributed by atoms with Crippen molar-refractivity contribution in [3.05, 3.63) is 0 Å². The molecule has 17 heavy (non-hydrogen) atoms. The molecule has 0 aliphatic carbocycles. The molecule has 0 saturated carbocycles. The molecule has 2 N–H and O–H groups in total. The molecule has 1 fully saturated rings. The SMILES string of the molecule is CCC1(CC)CCN(C(=O)[C@@H](N)CC(C)C)C1. The second-order valence-corrected chi connectivity index (χ2v) is 5.95. The Labute approximate surface area is 106 Å². The summed E-state index contributed by atoms with van der Waals surface area (Å²) in [6, 6.07) is -0.306. The number of rotatable bonds is 5. The highest BCUT2D eigenvalue weighted by Crippen LogP contribution is 2.37. The monoisotopic (exact) mass is 240 g/mol. The lowest BCUT2D eigenvalue weighted by Crippen LogP contribution is -2.44. The summed E-state index contributed by atoms with van der Waals surface area (Å²) < 4.78 is 0. The third-order valence-corrected chi connectivity index (χ3v) is 4.29. The Hall–Kier alpha value is -0.570. The molecule has 1 aliphatic rings. The minimum absolute atomic E-state index is 0.155. The number of nitrogens with two attached hydrogens (primary N) is 1. The molecule has 0 radical (unpaired) electrons. The molecular formula is C14H28N2O. The third-order valence-electron chi connectivity index (χ3n) is 4.29. The highest BCUT2D eigenvalue weighted by Gasteiger charge is 2.38. The summed E-state index contributed by atoms with van der Waals surface area (Å²) in [6.45, 7) is 10.5. The van der Waals surface area contributed by atoms with Crippen LogP contribution in [0.4, 0.5) is 0 Å². The average Bonchev–Trinajstić information content (AvgIpc) is 2.72. The van der Waals surface area contributed by atoms with Crippen molar-refractivity contribution in [2.75, 3.05) is 13.1 Å². The van der Waals surface area contributed by atoms with Crippen molar-refractivity contribution in [1.82, 2.24) is 4.90 Å². The molecule has 1 aliphatic heterocycles. The van der Waals surface area contributed by atoms with Gasteiger partial charge in [-0.15, -0.1) is 0 Å². The number of hydrogen-bond acceptors (Lipinski definition) is 2. The second kappa shape index (κ2) is 5.85. The van der Waals surface area contributed by atoms with Gasteiger partial charge in [0.05, 0.1) is 6.04 Å². The summed E-state index contributed by atoms with van der Waals surface area (Å²) in [5.74, 6) is 0.640. The Morgan fingerprint density at radius 2 is 1.94 bits per heavy atom. The Kier molecular flexibility index (Phi) is 4.99. The van der Waals surface area contributed by atoms with Gasteiger partial charge in [-0.2, -0.15) is 0 Å². The topological polar surface area (TPSA) is 46.3 Å². The first-order valence-corrected chi connectivity index (χ1v) is 6.98. The van der Waals surface area contributed by atoms with Gasteiger partial charge < -0.3 is 10.6 Å². The molecule has 0 aromatic carbocycles. The van der Waals surface area contributed by atoms with Crippen LogP contribution in [0.1, 0.15) is 53.4 Å². The zero-order valence-electron chi connectivity index (χ0n) is 11.8. The fraction of sp³-hybridized carbons (Fsp3) is 0.929. The Morgan fingerprint density at radius 3 is 2.35 bits per heavy atom. The van der Waals surface area contributed by atoms with E-state index in [2.05, 4.69) is 27.7 Å². The molecule has 0 bridgehead atoms. The molecule has 0 aromatic rings. The first kappa shape index (κ1) is 14.5. The van der Waals surface area contributed by atoms with Crippen LogP contribution in [0.15, 0.2) is 0 Å². The lowest BCUT2D eigenvalue weighted by molar-refractivity contribution is -0.132. The standard InChI is InChI=1S/C14H28N2O/c1-5-14(6-2)7-8-16(10-14)13(17)12(15)9-11(3)4/h11-12H,5-10,15H2,1-4H3/t12-/m0/s1. The molecule has 1 heterocycles. The van der Waals surface area contributed by atoms with Crippen LogP contribution in [0, 0.1) is 11.3 Å². The molecule has 1 saturated heterocycles. The van der Waals surface area contributed by atoms with Crippen LogP contribution in [0.25, 0.3) is 0 Å². The van der Waals surface area contributed by atoms with E-state index in [-0.39, 0.29) is 11.9 Å². The van der Waals surface area contributed by atoms with E-state index in [0.717, 1.165) is 38.8 Å². The molecule has 3 heteroatoms. The smallest absolute Gasteiger partial charge is 0.239 e. The molecule has 0 unspecified atom stereocenters. The Balaban J connectivity index is 2.56. The minimum atomic E-state index is -0.306. The van der Waals surface area contributed by atoms with Crippen molar-refractivity contribution in [1.29, 1.82) is 0 Å². The maximum atomic E-state index is 12.2. The van der Waals surface area contributed by atoms with Crippen molar-refractivity contribution < 1.29 is 4.79 Å². The van der Waals surface area contributed by atoms with Crippen LogP contribution in [-0.4, -0.2) is 29.9 Å². The van der Waals surface area contributed by atoms with E-state index in [1.165, 1.54) is 0 Å². The number of nitrogens with zero attached hydrogens (tertiary/aromatic N) is 1. The maximum absolute atomic E-state index is 12.2. The van der Waals surface area contributed by atoms with Crippen molar-refractivity contribution >= 4 is 5.91 Å². The van der Waals surface area contributed by atoms with Crippen molar-refractivity contribution in [3.63, 3.8) is 0 Å². The lowest BCUT2D eigenvalue weighted by Gasteiger charge is -2.27. The predicted molar refractivity (Wildman–Crippen MR) is 71.6 cm³/mol. The van der Waals surface area contributed by atoms with E-state index in [1.807, 2.05) is 4.90 Å². The zero-order chi connectivity index (χ0) is 13.1. The zero-order valence-corrected chi connectivity index (χ0v) is 11.8. The van der Waals surface area contributed by atoms with Crippen LogP contribution in [0.2, 0.25) is 0 Å². The van der Waals surface area contributed by atoms with E-state index < -0.39 is 0 Å². The first-order valence-electron chi connectivity index (χ1n) is 6.98. The minimum Gasteiger partial charge on any atom is -0.341 e. The van der Waals surface area contributed by atoms with Gasteiger partial charge in [-0.3, -0.25) is 4.79 Å². The van der Waals surface area contributed by atoms with Gasteiger partial charge in [0.2, 0.25) is 5.91 Å². The van der Waals surface area contributed by atoms with Gasteiger partial charge in [0.1, 0.15) is 0 Å². The third kappa shape index (κ3) is 3.44.